The fourth-order valence-electron chi connectivity index (χ4n) is 1.54. The van der Waals surface area contributed by atoms with Gasteiger partial charge in [0, 0.05) is 10.5 Å². The summed E-state index contributed by atoms with van der Waals surface area (Å²) < 4.78 is 13.5. The molecule has 0 aliphatic rings. The summed E-state index contributed by atoms with van der Waals surface area (Å²) in [6.07, 6.45) is 0. The Morgan fingerprint density at radius 3 is 2.47 bits per heavy atom. The fraction of sp³-hybridized carbons (Fsp3) is 0.333. The van der Waals surface area contributed by atoms with Gasteiger partial charge in [0.1, 0.15) is 5.82 Å². The molecule has 5 nitrogen and oxygen atoms in total. The van der Waals surface area contributed by atoms with Gasteiger partial charge in [-0.15, -0.1) is 0 Å². The first kappa shape index (κ1) is 15.4. The summed E-state index contributed by atoms with van der Waals surface area (Å²) in [5, 5.41) is 0. The SMILES string of the molecule is CC(C)N(CC(N)=O)C(=O)c1cc(N)c(F)cc1Br. The summed E-state index contributed by atoms with van der Waals surface area (Å²) in [7, 11) is 0. The van der Waals surface area contributed by atoms with Gasteiger partial charge in [-0.05, 0) is 41.9 Å². The van der Waals surface area contributed by atoms with Crippen LogP contribution >= 0.6 is 15.9 Å². The van der Waals surface area contributed by atoms with E-state index >= 15 is 0 Å². The molecule has 0 aliphatic carbocycles. The van der Waals surface area contributed by atoms with Crippen LogP contribution in [0.4, 0.5) is 10.1 Å². The van der Waals surface area contributed by atoms with Crippen LogP contribution in [-0.2, 0) is 4.79 Å². The number of nitrogens with two attached hydrogens (primary N) is 2. The predicted molar refractivity (Wildman–Crippen MR) is 73.9 cm³/mol. The normalized spacial score (nSPS) is 10.6. The Kier molecular flexibility index (Phi) is 4.88. The number of nitrogens with zero attached hydrogens (tertiary/aromatic N) is 1. The molecule has 0 bridgehead atoms. The number of carbonyl (C=O) groups excluding carboxylic acids is 2. The number of hydrogen-bond donors (Lipinski definition) is 2. The van der Waals surface area contributed by atoms with Crippen molar-refractivity contribution < 1.29 is 14.0 Å². The topological polar surface area (TPSA) is 89.4 Å². The lowest BCUT2D eigenvalue weighted by Crippen LogP contribution is -2.42. The smallest absolute Gasteiger partial charge is 0.255 e. The van der Waals surface area contributed by atoms with E-state index in [1.165, 1.54) is 11.0 Å². The first-order chi connectivity index (χ1) is 8.73. The van der Waals surface area contributed by atoms with Gasteiger partial charge in [-0.2, -0.15) is 0 Å². The van der Waals surface area contributed by atoms with Crippen LogP contribution in [0, 0.1) is 5.82 Å². The molecule has 1 aromatic rings. The lowest BCUT2D eigenvalue weighted by molar-refractivity contribution is -0.119. The molecule has 0 spiro atoms. The second kappa shape index (κ2) is 6.01. The summed E-state index contributed by atoms with van der Waals surface area (Å²) in [5.74, 6) is -1.67. The quantitative estimate of drug-likeness (QED) is 0.819. The minimum Gasteiger partial charge on any atom is -0.396 e. The summed E-state index contributed by atoms with van der Waals surface area (Å²) in [6, 6.07) is 2.13. The largest absolute Gasteiger partial charge is 0.396 e. The lowest BCUT2D eigenvalue weighted by Gasteiger charge is -2.26. The zero-order chi connectivity index (χ0) is 14.7. The van der Waals surface area contributed by atoms with Crippen molar-refractivity contribution in [1.82, 2.24) is 4.90 Å². The number of nitrogen functional groups attached to an aromatic ring is 1. The van der Waals surface area contributed by atoms with Crippen molar-refractivity contribution in [2.75, 3.05) is 12.3 Å². The molecule has 0 radical (unpaired) electrons. The van der Waals surface area contributed by atoms with Crippen molar-refractivity contribution in [3.05, 3.63) is 28.0 Å². The van der Waals surface area contributed by atoms with E-state index in [0.29, 0.717) is 0 Å². The third-order valence-electron chi connectivity index (χ3n) is 2.53. The first-order valence-electron chi connectivity index (χ1n) is 5.57. The van der Waals surface area contributed by atoms with Gasteiger partial charge in [-0.25, -0.2) is 4.39 Å². The first-order valence-corrected chi connectivity index (χ1v) is 6.37. The highest BCUT2D eigenvalue weighted by atomic mass is 79.9. The van der Waals surface area contributed by atoms with Crippen LogP contribution in [0.1, 0.15) is 24.2 Å². The molecule has 0 fully saturated rings. The minimum atomic E-state index is -0.617. The van der Waals surface area contributed by atoms with E-state index in [2.05, 4.69) is 15.9 Å². The van der Waals surface area contributed by atoms with E-state index in [0.717, 1.165) is 6.07 Å². The summed E-state index contributed by atoms with van der Waals surface area (Å²) in [4.78, 5) is 24.6. The molecule has 7 heteroatoms. The molecule has 0 saturated heterocycles. The van der Waals surface area contributed by atoms with E-state index in [9.17, 15) is 14.0 Å². The molecule has 104 valence electrons. The summed E-state index contributed by atoms with van der Waals surface area (Å²) in [5.41, 5.74) is 10.6. The van der Waals surface area contributed by atoms with Crippen molar-refractivity contribution >= 4 is 33.4 Å². The molecule has 1 rings (SSSR count). The van der Waals surface area contributed by atoms with Crippen LogP contribution < -0.4 is 11.5 Å². The van der Waals surface area contributed by atoms with Gasteiger partial charge in [-0.3, -0.25) is 9.59 Å². The van der Waals surface area contributed by atoms with Gasteiger partial charge in [-0.1, -0.05) is 0 Å². The van der Waals surface area contributed by atoms with Crippen LogP contribution in [0.5, 0.6) is 0 Å². The molecular formula is C12H15BrFN3O2. The van der Waals surface area contributed by atoms with Crippen LogP contribution in [0.15, 0.2) is 16.6 Å². The van der Waals surface area contributed by atoms with Gasteiger partial charge >= 0.3 is 0 Å². The van der Waals surface area contributed by atoms with Gasteiger partial charge in [0.05, 0.1) is 17.8 Å². The van der Waals surface area contributed by atoms with Crippen molar-refractivity contribution in [1.29, 1.82) is 0 Å². The van der Waals surface area contributed by atoms with E-state index in [1.807, 2.05) is 0 Å². The van der Waals surface area contributed by atoms with Crippen LogP contribution in [0.3, 0.4) is 0 Å². The number of benzene rings is 1. The van der Waals surface area contributed by atoms with Gasteiger partial charge in [0.15, 0.2) is 0 Å². The van der Waals surface area contributed by atoms with Crippen LogP contribution in [0.2, 0.25) is 0 Å². The monoisotopic (exact) mass is 331 g/mol. The number of hydrogen-bond acceptors (Lipinski definition) is 3. The average Bonchev–Trinajstić information content (AvgIpc) is 2.29. The van der Waals surface area contributed by atoms with Crippen molar-refractivity contribution in [2.24, 2.45) is 5.73 Å². The van der Waals surface area contributed by atoms with E-state index in [4.69, 9.17) is 11.5 Å². The van der Waals surface area contributed by atoms with Gasteiger partial charge in [0.25, 0.3) is 5.91 Å². The minimum absolute atomic E-state index is 0.130. The third kappa shape index (κ3) is 3.66. The molecular weight excluding hydrogens is 317 g/mol. The second-order valence-electron chi connectivity index (χ2n) is 4.35. The highest BCUT2D eigenvalue weighted by Gasteiger charge is 2.23. The maximum absolute atomic E-state index is 13.2. The average molecular weight is 332 g/mol. The predicted octanol–water partition coefficient (Wildman–Crippen LogP) is 1.51. The molecule has 1 aromatic carbocycles. The van der Waals surface area contributed by atoms with Crippen molar-refractivity contribution in [3.8, 4) is 0 Å². The maximum atomic E-state index is 13.2. The standard InChI is InChI=1S/C12H15BrFN3O2/c1-6(2)17(5-11(16)18)12(19)7-3-10(15)9(14)4-8(7)13/h3-4,6H,5,15H2,1-2H3,(H2,16,18). The Balaban J connectivity index is 3.16. The number of amides is 2. The maximum Gasteiger partial charge on any atom is 0.255 e. The molecule has 2 amide bonds. The highest BCUT2D eigenvalue weighted by Crippen LogP contribution is 2.24. The van der Waals surface area contributed by atoms with Gasteiger partial charge in [0.2, 0.25) is 5.91 Å². The molecule has 0 heterocycles. The number of primary amides is 1. The van der Waals surface area contributed by atoms with E-state index < -0.39 is 17.6 Å². The third-order valence-corrected chi connectivity index (χ3v) is 3.18. The summed E-state index contributed by atoms with van der Waals surface area (Å²) in [6.45, 7) is 3.30. The number of carbonyl (C=O) groups is 2. The molecule has 0 aliphatic heterocycles. The molecule has 19 heavy (non-hydrogen) atoms. The van der Waals surface area contributed by atoms with Gasteiger partial charge < -0.3 is 16.4 Å². The fourth-order valence-corrected chi connectivity index (χ4v) is 2.03. The highest BCUT2D eigenvalue weighted by molar-refractivity contribution is 9.10. The molecule has 4 N–H and O–H groups in total. The zero-order valence-corrected chi connectivity index (χ0v) is 12.2. The Bertz CT molecular complexity index is 520. The molecule has 0 unspecified atom stereocenters. The molecule has 0 saturated carbocycles. The van der Waals surface area contributed by atoms with Crippen molar-refractivity contribution in [3.63, 3.8) is 0 Å². The number of halogens is 2. The number of anilines is 1. The van der Waals surface area contributed by atoms with E-state index in [1.54, 1.807) is 13.8 Å². The van der Waals surface area contributed by atoms with Crippen LogP contribution in [0.25, 0.3) is 0 Å². The Morgan fingerprint density at radius 1 is 1.42 bits per heavy atom. The Hall–Kier alpha value is -1.63. The Morgan fingerprint density at radius 2 is 2.00 bits per heavy atom. The van der Waals surface area contributed by atoms with Crippen LogP contribution in [-0.4, -0.2) is 29.3 Å². The van der Waals surface area contributed by atoms with Crippen molar-refractivity contribution in [2.45, 2.75) is 19.9 Å². The van der Waals surface area contributed by atoms with E-state index in [-0.39, 0.29) is 28.3 Å². The Labute approximate surface area is 118 Å². The molecule has 0 aromatic heterocycles. The summed E-state index contributed by atoms with van der Waals surface area (Å²) >= 11 is 3.11. The lowest BCUT2D eigenvalue weighted by atomic mass is 10.1. The second-order valence-corrected chi connectivity index (χ2v) is 5.20. The zero-order valence-electron chi connectivity index (χ0n) is 10.6. The molecule has 0 atom stereocenters. The number of rotatable bonds is 4.